The van der Waals surface area contributed by atoms with Crippen molar-refractivity contribution in [2.75, 3.05) is 12.0 Å². The molecule has 4 aromatic rings. The summed E-state index contributed by atoms with van der Waals surface area (Å²) in [4.78, 5) is 26.5. The lowest BCUT2D eigenvalue weighted by atomic mass is 9.94. The van der Waals surface area contributed by atoms with Gasteiger partial charge in [-0.1, -0.05) is 30.3 Å². The number of nitrogens with zero attached hydrogens (tertiary/aromatic N) is 3. The van der Waals surface area contributed by atoms with E-state index in [2.05, 4.69) is 10.2 Å². The van der Waals surface area contributed by atoms with E-state index in [1.807, 2.05) is 54.6 Å². The summed E-state index contributed by atoms with van der Waals surface area (Å²) in [5, 5.41) is 19.1. The number of hydrogen-bond acceptors (Lipinski definition) is 5. The average molecular weight is 426 g/mol. The second-order valence-electron chi connectivity index (χ2n) is 7.32. The smallest absolute Gasteiger partial charge is 0.277 e. The molecular formula is C24H18N4O4. The number of para-hydroxylation sites is 2. The fourth-order valence-electron chi connectivity index (χ4n) is 4.15. The van der Waals surface area contributed by atoms with E-state index >= 15 is 0 Å². The summed E-state index contributed by atoms with van der Waals surface area (Å²) in [5.41, 5.74) is 3.28. The molecule has 158 valence electrons. The summed E-state index contributed by atoms with van der Waals surface area (Å²) in [6.45, 7) is 0. The lowest BCUT2D eigenvalue weighted by Gasteiger charge is -2.26. The number of nitro benzene ring substituents is 1. The molecule has 1 N–H and O–H groups in total. The Balaban J connectivity index is 1.75. The maximum absolute atomic E-state index is 13.5. The average Bonchev–Trinajstić information content (AvgIpc) is 3.38. The summed E-state index contributed by atoms with van der Waals surface area (Å²) in [6, 6.07) is 22.2. The number of nitro groups is 1. The topological polar surface area (TPSA) is 101 Å². The molecule has 1 aliphatic rings. The van der Waals surface area contributed by atoms with Crippen molar-refractivity contribution in [3.05, 3.63) is 106 Å². The Bertz CT molecular complexity index is 1320. The molecular weight excluding hydrogens is 408 g/mol. The van der Waals surface area contributed by atoms with Crippen LogP contribution in [0.25, 0.3) is 11.3 Å². The Labute approximate surface area is 183 Å². The van der Waals surface area contributed by atoms with Gasteiger partial charge in [-0.25, -0.2) is 0 Å². The fraction of sp³-hybridized carbons (Fsp3) is 0.0833. The zero-order valence-electron chi connectivity index (χ0n) is 17.1. The van der Waals surface area contributed by atoms with Gasteiger partial charge in [0, 0.05) is 22.9 Å². The van der Waals surface area contributed by atoms with Gasteiger partial charge < -0.3 is 4.74 Å². The minimum absolute atomic E-state index is 0.0547. The van der Waals surface area contributed by atoms with Gasteiger partial charge in [0.1, 0.15) is 11.4 Å². The molecule has 1 amide bonds. The highest BCUT2D eigenvalue weighted by Gasteiger charge is 2.45. The molecule has 32 heavy (non-hydrogen) atoms. The molecule has 2 heterocycles. The molecule has 1 unspecified atom stereocenters. The van der Waals surface area contributed by atoms with Gasteiger partial charge in [-0.3, -0.25) is 24.9 Å². The van der Waals surface area contributed by atoms with Crippen LogP contribution < -0.4 is 9.64 Å². The predicted octanol–water partition coefficient (Wildman–Crippen LogP) is 4.74. The van der Waals surface area contributed by atoms with E-state index in [1.165, 1.54) is 6.07 Å². The highest BCUT2D eigenvalue weighted by atomic mass is 16.6. The summed E-state index contributed by atoms with van der Waals surface area (Å²) >= 11 is 0. The molecule has 3 aromatic carbocycles. The number of amides is 1. The van der Waals surface area contributed by atoms with Gasteiger partial charge in [-0.2, -0.15) is 5.10 Å². The molecule has 8 nitrogen and oxygen atoms in total. The van der Waals surface area contributed by atoms with Crippen LogP contribution in [0.4, 0.5) is 11.4 Å². The largest absolute Gasteiger partial charge is 0.497 e. The number of benzene rings is 3. The van der Waals surface area contributed by atoms with Crippen molar-refractivity contribution < 1.29 is 14.5 Å². The number of aromatic amines is 1. The third-order valence-corrected chi connectivity index (χ3v) is 5.59. The van der Waals surface area contributed by atoms with E-state index < -0.39 is 11.0 Å². The molecule has 0 radical (unpaired) electrons. The van der Waals surface area contributed by atoms with Crippen LogP contribution in [-0.4, -0.2) is 28.1 Å². The first-order valence-corrected chi connectivity index (χ1v) is 9.94. The number of fused-ring (bicyclic) bond motifs is 1. The maximum Gasteiger partial charge on any atom is 0.277 e. The monoisotopic (exact) mass is 426 g/mol. The first-order chi connectivity index (χ1) is 15.6. The Morgan fingerprint density at radius 3 is 2.38 bits per heavy atom. The van der Waals surface area contributed by atoms with E-state index in [4.69, 9.17) is 4.74 Å². The standard InChI is InChI=1S/C24H18N4O4/c1-32-17-13-11-15(12-14-17)21-20-22(26-25-21)24(29)27(16-7-3-2-4-8-16)23(20)18-9-5-6-10-19(18)28(30)31/h2-14,23H,1H3,(H,25,26). The number of hydrogen-bond donors (Lipinski definition) is 1. The van der Waals surface area contributed by atoms with Gasteiger partial charge in [0.2, 0.25) is 0 Å². The number of ether oxygens (including phenoxy) is 1. The second kappa shape index (κ2) is 7.66. The van der Waals surface area contributed by atoms with Crippen LogP contribution in [0.1, 0.15) is 27.7 Å². The van der Waals surface area contributed by atoms with Crippen molar-refractivity contribution in [3.63, 3.8) is 0 Å². The molecule has 5 rings (SSSR count). The van der Waals surface area contributed by atoms with Gasteiger partial charge >= 0.3 is 0 Å². The van der Waals surface area contributed by atoms with Crippen molar-refractivity contribution in [1.82, 2.24) is 10.2 Å². The van der Waals surface area contributed by atoms with E-state index in [9.17, 15) is 14.9 Å². The van der Waals surface area contributed by atoms with E-state index in [0.717, 1.165) is 5.56 Å². The quantitative estimate of drug-likeness (QED) is 0.367. The Morgan fingerprint density at radius 1 is 1.00 bits per heavy atom. The molecule has 1 aromatic heterocycles. The van der Waals surface area contributed by atoms with Gasteiger partial charge in [0.15, 0.2) is 0 Å². The lowest BCUT2D eigenvalue weighted by Crippen LogP contribution is -2.29. The second-order valence-corrected chi connectivity index (χ2v) is 7.32. The van der Waals surface area contributed by atoms with Crippen LogP contribution in [0.5, 0.6) is 5.75 Å². The number of H-pyrrole nitrogens is 1. The SMILES string of the molecule is COc1ccc(-c2n[nH]c3c2C(c2ccccc2[N+](=O)[O-])N(c2ccccc2)C3=O)cc1. The molecule has 0 bridgehead atoms. The van der Waals surface area contributed by atoms with E-state index in [1.54, 1.807) is 30.2 Å². The summed E-state index contributed by atoms with van der Waals surface area (Å²) < 4.78 is 5.24. The van der Waals surface area contributed by atoms with Crippen molar-refractivity contribution in [3.8, 4) is 17.0 Å². The Hall–Kier alpha value is -4.46. The molecule has 0 saturated carbocycles. The van der Waals surface area contributed by atoms with Gasteiger partial charge in [0.05, 0.1) is 29.3 Å². The number of aromatic nitrogens is 2. The summed E-state index contributed by atoms with van der Waals surface area (Å²) in [6.07, 6.45) is 0. The number of methoxy groups -OCH3 is 1. The summed E-state index contributed by atoms with van der Waals surface area (Å²) in [5.74, 6) is 0.403. The highest BCUT2D eigenvalue weighted by molar-refractivity contribution is 6.11. The molecule has 0 spiro atoms. The van der Waals surface area contributed by atoms with E-state index in [-0.39, 0.29) is 11.6 Å². The number of rotatable bonds is 5. The van der Waals surface area contributed by atoms with Crippen molar-refractivity contribution in [2.24, 2.45) is 0 Å². The zero-order valence-corrected chi connectivity index (χ0v) is 17.1. The Morgan fingerprint density at radius 2 is 1.69 bits per heavy atom. The van der Waals surface area contributed by atoms with Crippen LogP contribution in [0, 0.1) is 10.1 Å². The van der Waals surface area contributed by atoms with Crippen molar-refractivity contribution >= 4 is 17.3 Å². The molecule has 0 aliphatic carbocycles. The highest BCUT2D eigenvalue weighted by Crippen LogP contribution is 2.47. The van der Waals surface area contributed by atoms with Crippen LogP contribution >= 0.6 is 0 Å². The molecule has 0 fully saturated rings. The lowest BCUT2D eigenvalue weighted by molar-refractivity contribution is -0.385. The van der Waals surface area contributed by atoms with Crippen molar-refractivity contribution in [1.29, 1.82) is 0 Å². The molecule has 1 atom stereocenters. The van der Waals surface area contributed by atoms with Gasteiger partial charge in [-0.05, 0) is 42.5 Å². The van der Waals surface area contributed by atoms with Crippen LogP contribution in [-0.2, 0) is 0 Å². The summed E-state index contributed by atoms with van der Waals surface area (Å²) in [7, 11) is 1.59. The van der Waals surface area contributed by atoms with Gasteiger partial charge in [-0.15, -0.1) is 0 Å². The minimum Gasteiger partial charge on any atom is -0.497 e. The number of carbonyl (C=O) groups excluding carboxylic acids is 1. The fourth-order valence-corrected chi connectivity index (χ4v) is 4.15. The Kier molecular flexibility index (Phi) is 4.67. The van der Waals surface area contributed by atoms with Crippen molar-refractivity contribution in [2.45, 2.75) is 6.04 Å². The third-order valence-electron chi connectivity index (χ3n) is 5.59. The molecule has 0 saturated heterocycles. The third kappa shape index (κ3) is 3.01. The minimum atomic E-state index is -0.711. The van der Waals surface area contributed by atoms with Crippen LogP contribution in [0.3, 0.4) is 0 Å². The molecule has 8 heteroatoms. The normalized spacial score (nSPS) is 15.0. The molecule has 1 aliphatic heterocycles. The number of nitrogens with one attached hydrogen (secondary N) is 1. The van der Waals surface area contributed by atoms with Gasteiger partial charge in [0.25, 0.3) is 11.6 Å². The number of carbonyl (C=O) groups is 1. The zero-order chi connectivity index (χ0) is 22.2. The van der Waals surface area contributed by atoms with E-state index in [0.29, 0.717) is 34.0 Å². The predicted molar refractivity (Wildman–Crippen MR) is 119 cm³/mol. The first kappa shape index (κ1) is 19.5. The first-order valence-electron chi connectivity index (χ1n) is 9.94. The van der Waals surface area contributed by atoms with Crippen LogP contribution in [0.15, 0.2) is 78.9 Å². The van der Waals surface area contributed by atoms with Crippen LogP contribution in [0.2, 0.25) is 0 Å². The maximum atomic E-state index is 13.5. The number of anilines is 1.